The van der Waals surface area contributed by atoms with Gasteiger partial charge in [0.1, 0.15) is 23.9 Å². The molecule has 1 saturated carbocycles. The van der Waals surface area contributed by atoms with Crippen LogP contribution >= 0.6 is 0 Å². The summed E-state index contributed by atoms with van der Waals surface area (Å²) >= 11 is 0. The summed E-state index contributed by atoms with van der Waals surface area (Å²) in [4.78, 5) is 10.9. The number of ether oxygens (including phenoxy) is 2. The van der Waals surface area contributed by atoms with Gasteiger partial charge >= 0.3 is 5.97 Å². The van der Waals surface area contributed by atoms with Crippen molar-refractivity contribution < 1.29 is 23.8 Å². The van der Waals surface area contributed by atoms with Crippen molar-refractivity contribution in [1.82, 2.24) is 0 Å². The van der Waals surface area contributed by atoms with Gasteiger partial charge in [0.15, 0.2) is 0 Å². The molecule has 5 rings (SSSR count). The van der Waals surface area contributed by atoms with Crippen LogP contribution in [0, 0.1) is 11.2 Å². The van der Waals surface area contributed by atoms with E-state index in [0.717, 1.165) is 35.1 Å². The third-order valence-corrected chi connectivity index (χ3v) is 6.97. The van der Waals surface area contributed by atoms with Crippen molar-refractivity contribution >= 4 is 11.5 Å². The van der Waals surface area contributed by atoms with Gasteiger partial charge in [-0.05, 0) is 88.9 Å². The van der Waals surface area contributed by atoms with Crippen molar-refractivity contribution in [2.24, 2.45) is 5.41 Å². The summed E-state index contributed by atoms with van der Waals surface area (Å²) in [6, 6.07) is 18.4. The van der Waals surface area contributed by atoms with E-state index >= 15 is 0 Å². The standard InChI is InChI=1S/C30H31FO4.C3H6/c1-30(2)15-5-8-27(30)25-17-21(9-12-24(25)26-18-22(34-3)11-13-28(26)31)19-35-23-7-4-6-20(16-23)10-14-29(32)33;1-2-3-1/h4,6-9,11-13,16-18H,5,10,14-15,19H2,1-3H3,(H,32,33);1-3H2. The number of halogens is 1. The predicted octanol–water partition coefficient (Wildman–Crippen LogP) is 8.47. The van der Waals surface area contributed by atoms with Gasteiger partial charge in [-0.25, -0.2) is 4.39 Å². The summed E-state index contributed by atoms with van der Waals surface area (Å²) in [5, 5.41) is 8.93. The Balaban J connectivity index is 0.00000105. The highest BCUT2D eigenvalue weighted by atomic mass is 19.1. The molecule has 0 aliphatic heterocycles. The molecule has 2 aliphatic rings. The number of rotatable bonds is 9. The van der Waals surface area contributed by atoms with E-state index in [1.807, 2.05) is 36.4 Å². The summed E-state index contributed by atoms with van der Waals surface area (Å²) < 4.78 is 26.3. The number of benzene rings is 3. The smallest absolute Gasteiger partial charge is 0.303 e. The van der Waals surface area contributed by atoms with E-state index in [1.165, 1.54) is 30.9 Å². The largest absolute Gasteiger partial charge is 0.497 e. The highest BCUT2D eigenvalue weighted by molar-refractivity contribution is 5.85. The summed E-state index contributed by atoms with van der Waals surface area (Å²) in [5.74, 6) is 0.200. The lowest BCUT2D eigenvalue weighted by atomic mass is 9.79. The molecule has 0 aromatic heterocycles. The average molecular weight is 517 g/mol. The van der Waals surface area contributed by atoms with E-state index in [0.29, 0.717) is 30.1 Å². The average Bonchev–Trinajstić information content (AvgIpc) is 3.75. The first-order chi connectivity index (χ1) is 18.3. The molecule has 0 unspecified atom stereocenters. The van der Waals surface area contributed by atoms with E-state index < -0.39 is 5.97 Å². The van der Waals surface area contributed by atoms with Crippen LogP contribution in [0.15, 0.2) is 66.7 Å². The van der Waals surface area contributed by atoms with Crippen LogP contribution in [0.1, 0.15) is 69.1 Å². The molecule has 1 fully saturated rings. The van der Waals surface area contributed by atoms with Gasteiger partial charge in [-0.3, -0.25) is 4.79 Å². The van der Waals surface area contributed by atoms with Crippen LogP contribution in [0.2, 0.25) is 0 Å². The van der Waals surface area contributed by atoms with Gasteiger partial charge < -0.3 is 14.6 Å². The number of allylic oxidation sites excluding steroid dienone is 2. The van der Waals surface area contributed by atoms with Gasteiger partial charge in [0.25, 0.3) is 0 Å². The molecule has 3 aromatic carbocycles. The minimum absolute atomic E-state index is 0.0119. The number of hydrogen-bond donors (Lipinski definition) is 1. The second-order valence-corrected chi connectivity index (χ2v) is 10.7. The molecular weight excluding hydrogens is 479 g/mol. The third kappa shape index (κ3) is 7.25. The number of carboxylic acids is 1. The minimum Gasteiger partial charge on any atom is -0.497 e. The Labute approximate surface area is 225 Å². The minimum atomic E-state index is -0.819. The van der Waals surface area contributed by atoms with Crippen LogP contribution < -0.4 is 9.47 Å². The first-order valence-electron chi connectivity index (χ1n) is 13.4. The van der Waals surface area contributed by atoms with E-state index in [1.54, 1.807) is 19.2 Å². The second kappa shape index (κ2) is 12.3. The van der Waals surface area contributed by atoms with Crippen molar-refractivity contribution in [3.63, 3.8) is 0 Å². The van der Waals surface area contributed by atoms with Crippen molar-refractivity contribution in [1.29, 1.82) is 0 Å². The fourth-order valence-electron chi connectivity index (χ4n) is 4.65. The first kappa shape index (κ1) is 27.4. The molecule has 0 radical (unpaired) electrons. The Morgan fingerprint density at radius 2 is 1.71 bits per heavy atom. The van der Waals surface area contributed by atoms with Crippen molar-refractivity contribution in [2.75, 3.05) is 7.11 Å². The normalized spacial score (nSPS) is 15.2. The fraction of sp³-hybridized carbons (Fsp3) is 0.364. The lowest BCUT2D eigenvalue weighted by Crippen LogP contribution is -2.10. The molecule has 0 bridgehead atoms. The number of carbonyl (C=O) groups is 1. The maximum Gasteiger partial charge on any atom is 0.303 e. The number of aryl methyl sites for hydroxylation is 1. The van der Waals surface area contributed by atoms with Gasteiger partial charge in [0, 0.05) is 12.0 Å². The van der Waals surface area contributed by atoms with Crippen LogP contribution in [0.25, 0.3) is 16.7 Å². The first-order valence-corrected chi connectivity index (χ1v) is 13.4. The summed E-state index contributed by atoms with van der Waals surface area (Å²) in [7, 11) is 1.58. The molecule has 0 amide bonds. The SMILES string of the molecule is C1CC1.COc1ccc(F)c(-c2ccc(COc3cccc(CCC(=O)O)c3)cc2C2=CCCC2(C)C)c1. The highest BCUT2D eigenvalue weighted by Crippen LogP contribution is 2.47. The van der Waals surface area contributed by atoms with Gasteiger partial charge in [-0.1, -0.05) is 63.5 Å². The summed E-state index contributed by atoms with van der Waals surface area (Å²) in [6.07, 6.45) is 9.34. The van der Waals surface area contributed by atoms with Gasteiger partial charge in [0.2, 0.25) is 0 Å². The molecule has 4 nitrogen and oxygen atoms in total. The molecular formula is C33H37FO4. The zero-order chi connectivity index (χ0) is 27.1. The van der Waals surface area contributed by atoms with E-state index in [-0.39, 0.29) is 17.7 Å². The highest BCUT2D eigenvalue weighted by Gasteiger charge is 2.30. The maximum atomic E-state index is 14.9. The van der Waals surface area contributed by atoms with Gasteiger partial charge in [-0.15, -0.1) is 0 Å². The van der Waals surface area contributed by atoms with Gasteiger partial charge in [-0.2, -0.15) is 0 Å². The monoisotopic (exact) mass is 516 g/mol. The van der Waals surface area contributed by atoms with Crippen molar-refractivity contribution in [3.8, 4) is 22.6 Å². The number of hydrogen-bond acceptors (Lipinski definition) is 3. The molecule has 3 aromatic rings. The molecule has 38 heavy (non-hydrogen) atoms. The Morgan fingerprint density at radius 3 is 2.37 bits per heavy atom. The fourth-order valence-corrected chi connectivity index (χ4v) is 4.65. The van der Waals surface area contributed by atoms with E-state index in [4.69, 9.17) is 14.6 Å². The second-order valence-electron chi connectivity index (χ2n) is 10.7. The molecule has 2 aliphatic carbocycles. The lowest BCUT2D eigenvalue weighted by Gasteiger charge is -2.25. The lowest BCUT2D eigenvalue weighted by molar-refractivity contribution is -0.136. The molecule has 5 heteroatoms. The maximum absolute atomic E-state index is 14.9. The number of methoxy groups -OCH3 is 1. The predicted molar refractivity (Wildman–Crippen MR) is 150 cm³/mol. The summed E-state index contributed by atoms with van der Waals surface area (Å²) in [5.41, 5.74) is 5.47. The quantitative estimate of drug-likeness (QED) is 0.310. The van der Waals surface area contributed by atoms with Crippen LogP contribution in [-0.2, 0) is 17.8 Å². The Bertz CT molecular complexity index is 1300. The molecule has 0 heterocycles. The van der Waals surface area contributed by atoms with E-state index in [2.05, 4.69) is 26.0 Å². The van der Waals surface area contributed by atoms with Crippen LogP contribution in [0.3, 0.4) is 0 Å². The van der Waals surface area contributed by atoms with Gasteiger partial charge in [0.05, 0.1) is 7.11 Å². The Morgan fingerprint density at radius 1 is 0.921 bits per heavy atom. The molecule has 0 saturated heterocycles. The summed E-state index contributed by atoms with van der Waals surface area (Å²) in [6.45, 7) is 4.80. The number of carboxylic acid groups (broad SMARTS) is 1. The zero-order valence-corrected chi connectivity index (χ0v) is 22.6. The topological polar surface area (TPSA) is 55.8 Å². The molecule has 0 spiro atoms. The molecule has 1 N–H and O–H groups in total. The van der Waals surface area contributed by atoms with Crippen LogP contribution in [-0.4, -0.2) is 18.2 Å². The van der Waals surface area contributed by atoms with E-state index in [9.17, 15) is 9.18 Å². The van der Waals surface area contributed by atoms with Crippen molar-refractivity contribution in [2.45, 2.75) is 65.4 Å². The number of aliphatic carboxylic acids is 1. The van der Waals surface area contributed by atoms with Crippen LogP contribution in [0.4, 0.5) is 4.39 Å². The van der Waals surface area contributed by atoms with Crippen LogP contribution in [0.5, 0.6) is 11.5 Å². The molecule has 200 valence electrons. The van der Waals surface area contributed by atoms with Crippen molar-refractivity contribution in [3.05, 3.63) is 89.2 Å². The Kier molecular flexibility index (Phi) is 8.88. The molecule has 0 atom stereocenters. The third-order valence-electron chi connectivity index (χ3n) is 6.97. The Hall–Kier alpha value is -3.60. The zero-order valence-electron chi connectivity index (χ0n) is 22.6.